The van der Waals surface area contributed by atoms with Crippen molar-refractivity contribution >= 4 is 29.0 Å². The van der Waals surface area contributed by atoms with E-state index in [1.807, 2.05) is 19.1 Å². The smallest absolute Gasteiger partial charge is 0.128 e. The fraction of sp³-hybridized carbons (Fsp3) is 0.312. The molecule has 0 aliphatic carbocycles. The van der Waals surface area contributed by atoms with Gasteiger partial charge in [0.05, 0.1) is 0 Å². The number of halogens is 2. The van der Waals surface area contributed by atoms with Crippen molar-refractivity contribution in [2.45, 2.75) is 26.3 Å². The minimum Gasteiger partial charge on any atom is -0.383 e. The van der Waals surface area contributed by atoms with Gasteiger partial charge in [-0.2, -0.15) is 0 Å². The molecule has 1 atom stereocenters. The van der Waals surface area contributed by atoms with Crippen LogP contribution in [-0.2, 0) is 6.42 Å². The van der Waals surface area contributed by atoms with Crippen molar-refractivity contribution in [3.8, 4) is 0 Å². The number of nitrogens with zero attached hydrogens (tertiary/aromatic N) is 1. The molecule has 2 aromatic rings. The molecule has 0 radical (unpaired) electrons. The van der Waals surface area contributed by atoms with E-state index in [0.29, 0.717) is 15.9 Å². The molecule has 2 rings (SSSR count). The van der Waals surface area contributed by atoms with Crippen LogP contribution in [0.1, 0.15) is 29.7 Å². The van der Waals surface area contributed by atoms with Crippen LogP contribution in [0, 0.1) is 6.92 Å². The zero-order valence-corrected chi connectivity index (χ0v) is 13.7. The third-order valence-electron chi connectivity index (χ3n) is 3.35. The van der Waals surface area contributed by atoms with Gasteiger partial charge in [-0.15, -0.1) is 0 Å². The van der Waals surface area contributed by atoms with Crippen LogP contribution in [0.5, 0.6) is 0 Å². The molecule has 1 aromatic heterocycles. The van der Waals surface area contributed by atoms with Crippen LogP contribution >= 0.6 is 23.2 Å². The summed E-state index contributed by atoms with van der Waals surface area (Å²) in [6.07, 6.45) is 2.51. The summed E-state index contributed by atoms with van der Waals surface area (Å²) in [5.41, 5.74) is 9.16. The summed E-state index contributed by atoms with van der Waals surface area (Å²) >= 11 is 12.2. The average Bonchev–Trinajstić information content (AvgIpc) is 2.44. The molecule has 0 bridgehead atoms. The first-order valence-corrected chi connectivity index (χ1v) is 7.66. The van der Waals surface area contributed by atoms with Crippen LogP contribution in [-0.4, -0.2) is 11.5 Å². The predicted molar refractivity (Wildman–Crippen MR) is 90.0 cm³/mol. The number of hydrogen-bond acceptors (Lipinski definition) is 3. The van der Waals surface area contributed by atoms with Crippen molar-refractivity contribution in [3.05, 3.63) is 57.2 Å². The maximum absolute atomic E-state index is 6.27. The molecule has 0 spiro atoms. The summed E-state index contributed by atoms with van der Waals surface area (Å²) < 4.78 is 0. The first-order valence-electron chi connectivity index (χ1n) is 6.90. The van der Waals surface area contributed by atoms with E-state index in [-0.39, 0.29) is 6.04 Å². The number of aryl methyl sites for hydroxylation is 1. The standard InChI is InChI=1S/C16H19Cl2N3/c1-3-20-15(13-6-10(2)9-21-16(13)19)7-11-4-5-12(17)8-14(11)18/h4-6,8-9,15,20H,3,7H2,1-2H3,(H2,19,21). The number of benzene rings is 1. The van der Waals surface area contributed by atoms with Gasteiger partial charge in [-0.05, 0) is 49.2 Å². The van der Waals surface area contributed by atoms with E-state index < -0.39 is 0 Å². The van der Waals surface area contributed by atoms with E-state index in [4.69, 9.17) is 28.9 Å². The van der Waals surface area contributed by atoms with Crippen molar-refractivity contribution in [2.24, 2.45) is 0 Å². The second-order valence-electron chi connectivity index (χ2n) is 5.04. The van der Waals surface area contributed by atoms with Crippen molar-refractivity contribution in [1.29, 1.82) is 0 Å². The van der Waals surface area contributed by atoms with E-state index in [1.165, 1.54) is 0 Å². The van der Waals surface area contributed by atoms with Gasteiger partial charge in [0.1, 0.15) is 5.82 Å². The van der Waals surface area contributed by atoms with Crippen LogP contribution in [0.4, 0.5) is 5.82 Å². The highest BCUT2D eigenvalue weighted by Crippen LogP contribution is 2.28. The third-order valence-corrected chi connectivity index (χ3v) is 3.94. The summed E-state index contributed by atoms with van der Waals surface area (Å²) in [6, 6.07) is 7.71. The number of nitrogens with two attached hydrogens (primary N) is 1. The van der Waals surface area contributed by atoms with Gasteiger partial charge in [0.15, 0.2) is 0 Å². The predicted octanol–water partition coefficient (Wildman–Crippen LogP) is 4.17. The number of nitrogen functional groups attached to an aromatic ring is 1. The summed E-state index contributed by atoms with van der Waals surface area (Å²) in [5, 5.41) is 4.76. The fourth-order valence-corrected chi connectivity index (χ4v) is 2.81. The molecule has 3 nitrogen and oxygen atoms in total. The van der Waals surface area contributed by atoms with E-state index in [0.717, 1.165) is 29.7 Å². The zero-order valence-electron chi connectivity index (χ0n) is 12.2. The van der Waals surface area contributed by atoms with E-state index in [2.05, 4.69) is 23.3 Å². The summed E-state index contributed by atoms with van der Waals surface area (Å²) in [6.45, 7) is 4.91. The van der Waals surface area contributed by atoms with Crippen LogP contribution in [0.2, 0.25) is 10.0 Å². The largest absolute Gasteiger partial charge is 0.383 e. The number of aromatic nitrogens is 1. The van der Waals surface area contributed by atoms with Gasteiger partial charge in [0, 0.05) is 27.8 Å². The van der Waals surface area contributed by atoms with Gasteiger partial charge < -0.3 is 11.1 Å². The lowest BCUT2D eigenvalue weighted by atomic mass is 9.98. The topological polar surface area (TPSA) is 50.9 Å². The summed E-state index contributed by atoms with van der Waals surface area (Å²) in [7, 11) is 0. The molecule has 1 unspecified atom stereocenters. The van der Waals surface area contributed by atoms with Crippen LogP contribution in [0.3, 0.4) is 0 Å². The number of likely N-dealkylation sites (N-methyl/N-ethyl adjacent to an activating group) is 1. The number of rotatable bonds is 5. The molecule has 0 saturated heterocycles. The lowest BCUT2D eigenvalue weighted by molar-refractivity contribution is 0.549. The Labute approximate surface area is 135 Å². The number of anilines is 1. The van der Waals surface area contributed by atoms with Crippen LogP contribution in [0.25, 0.3) is 0 Å². The molecule has 1 aromatic carbocycles. The second kappa shape index (κ2) is 7.12. The Morgan fingerprint density at radius 3 is 2.71 bits per heavy atom. The minimum absolute atomic E-state index is 0.0704. The Hall–Kier alpha value is -1.29. The van der Waals surface area contributed by atoms with Crippen molar-refractivity contribution in [2.75, 3.05) is 12.3 Å². The molecule has 0 saturated carbocycles. The second-order valence-corrected chi connectivity index (χ2v) is 5.88. The number of pyridine rings is 1. The SMILES string of the molecule is CCNC(Cc1ccc(Cl)cc1Cl)c1cc(C)cnc1N. The molecule has 0 aliphatic rings. The molecule has 0 aliphatic heterocycles. The highest BCUT2D eigenvalue weighted by Gasteiger charge is 2.16. The van der Waals surface area contributed by atoms with Gasteiger partial charge in [-0.1, -0.05) is 36.2 Å². The van der Waals surface area contributed by atoms with Crippen molar-refractivity contribution in [3.63, 3.8) is 0 Å². The lowest BCUT2D eigenvalue weighted by Crippen LogP contribution is -2.24. The molecular formula is C16H19Cl2N3. The van der Waals surface area contributed by atoms with Gasteiger partial charge >= 0.3 is 0 Å². The highest BCUT2D eigenvalue weighted by atomic mass is 35.5. The summed E-state index contributed by atoms with van der Waals surface area (Å²) in [4.78, 5) is 4.24. The van der Waals surface area contributed by atoms with Gasteiger partial charge in [-0.25, -0.2) is 4.98 Å². The molecule has 3 N–H and O–H groups in total. The van der Waals surface area contributed by atoms with E-state index in [9.17, 15) is 0 Å². The Kier molecular flexibility index (Phi) is 5.45. The molecule has 5 heteroatoms. The molecule has 21 heavy (non-hydrogen) atoms. The molecule has 0 fully saturated rings. The fourth-order valence-electron chi connectivity index (χ4n) is 2.33. The van der Waals surface area contributed by atoms with Crippen LogP contribution < -0.4 is 11.1 Å². The lowest BCUT2D eigenvalue weighted by Gasteiger charge is -2.21. The maximum Gasteiger partial charge on any atom is 0.128 e. The number of nitrogens with one attached hydrogen (secondary N) is 1. The Morgan fingerprint density at radius 1 is 1.29 bits per heavy atom. The minimum atomic E-state index is 0.0704. The van der Waals surface area contributed by atoms with E-state index in [1.54, 1.807) is 12.3 Å². The maximum atomic E-state index is 6.27. The zero-order chi connectivity index (χ0) is 15.4. The average molecular weight is 324 g/mol. The molecule has 112 valence electrons. The van der Waals surface area contributed by atoms with E-state index >= 15 is 0 Å². The van der Waals surface area contributed by atoms with Crippen molar-refractivity contribution in [1.82, 2.24) is 10.3 Å². The molecule has 0 amide bonds. The monoisotopic (exact) mass is 323 g/mol. The van der Waals surface area contributed by atoms with Gasteiger partial charge in [0.2, 0.25) is 0 Å². The molecular weight excluding hydrogens is 305 g/mol. The first kappa shape index (κ1) is 16.1. The van der Waals surface area contributed by atoms with Crippen molar-refractivity contribution < 1.29 is 0 Å². The third kappa shape index (κ3) is 4.10. The van der Waals surface area contributed by atoms with Gasteiger partial charge in [-0.3, -0.25) is 0 Å². The quantitative estimate of drug-likeness (QED) is 0.868. The highest BCUT2D eigenvalue weighted by molar-refractivity contribution is 6.35. The first-order chi connectivity index (χ1) is 10.0. The summed E-state index contributed by atoms with van der Waals surface area (Å²) in [5.74, 6) is 0.552. The normalized spacial score (nSPS) is 12.4. The van der Waals surface area contributed by atoms with Crippen LogP contribution in [0.15, 0.2) is 30.5 Å². The Bertz CT molecular complexity index is 629. The molecule has 1 heterocycles. The Morgan fingerprint density at radius 2 is 2.05 bits per heavy atom. The van der Waals surface area contributed by atoms with Gasteiger partial charge in [0.25, 0.3) is 0 Å². The Balaban J connectivity index is 2.32. The number of hydrogen-bond donors (Lipinski definition) is 2.